The van der Waals surface area contributed by atoms with Crippen molar-refractivity contribution in [2.45, 2.75) is 24.7 Å². The van der Waals surface area contributed by atoms with Crippen LogP contribution in [0.5, 0.6) is 11.5 Å². The number of nitro benzene ring substituents is 1. The Kier molecular flexibility index (Phi) is 5.61. The fourth-order valence-electron chi connectivity index (χ4n) is 3.08. The molecule has 1 unspecified atom stereocenters. The van der Waals surface area contributed by atoms with Gasteiger partial charge in [-0.25, -0.2) is 17.2 Å². The van der Waals surface area contributed by atoms with Crippen LogP contribution in [0.2, 0.25) is 0 Å². The molecule has 150 valence electrons. The quantitative estimate of drug-likeness (QED) is 0.545. The predicted molar refractivity (Wildman–Crippen MR) is 96.7 cm³/mol. The van der Waals surface area contributed by atoms with Crippen molar-refractivity contribution < 1.29 is 26.9 Å². The van der Waals surface area contributed by atoms with E-state index in [0.717, 1.165) is 30.7 Å². The minimum Gasteiger partial charge on any atom is -0.447 e. The molecular formula is C18H18F2N2O5S. The summed E-state index contributed by atoms with van der Waals surface area (Å²) in [5, 5.41) is 11.4. The third-order valence-electron chi connectivity index (χ3n) is 4.50. The molecule has 2 aromatic carbocycles. The molecule has 1 heterocycles. The molecule has 1 fully saturated rings. The zero-order valence-electron chi connectivity index (χ0n) is 15.0. The second-order valence-corrected chi connectivity index (χ2v) is 8.61. The van der Waals surface area contributed by atoms with Crippen LogP contribution in [-0.4, -0.2) is 30.7 Å². The van der Waals surface area contributed by atoms with Crippen LogP contribution < -0.4 is 4.74 Å². The number of hydrogen-bond donors (Lipinski definition) is 0. The van der Waals surface area contributed by atoms with E-state index in [1.54, 1.807) is 0 Å². The Morgan fingerprint density at radius 3 is 2.54 bits per heavy atom. The van der Waals surface area contributed by atoms with E-state index >= 15 is 0 Å². The molecule has 0 aromatic heterocycles. The van der Waals surface area contributed by atoms with Gasteiger partial charge in [-0.1, -0.05) is 6.92 Å². The van der Waals surface area contributed by atoms with E-state index in [1.165, 1.54) is 10.4 Å². The standard InChI is InChI=1S/C18H18F2N2O5S/c1-12-3-2-8-21(11-12)28(25,26)14-5-7-18(16(10-14)22(23)24)27-17-6-4-13(19)9-15(17)20/h4-7,9-10,12H,2-3,8,11H2,1H3. The van der Waals surface area contributed by atoms with Crippen molar-refractivity contribution >= 4 is 15.7 Å². The topological polar surface area (TPSA) is 89.8 Å². The van der Waals surface area contributed by atoms with Crippen LogP contribution in [0, 0.1) is 27.7 Å². The van der Waals surface area contributed by atoms with E-state index < -0.39 is 38.0 Å². The summed E-state index contributed by atoms with van der Waals surface area (Å²) in [4.78, 5) is 10.4. The van der Waals surface area contributed by atoms with Crippen molar-refractivity contribution in [2.24, 2.45) is 5.92 Å². The van der Waals surface area contributed by atoms with Gasteiger partial charge in [-0.3, -0.25) is 10.1 Å². The largest absolute Gasteiger partial charge is 0.447 e. The molecule has 10 heteroatoms. The fraction of sp³-hybridized carbons (Fsp3) is 0.333. The molecular weight excluding hydrogens is 394 g/mol. The molecule has 3 rings (SSSR count). The molecule has 0 aliphatic carbocycles. The second kappa shape index (κ2) is 7.80. The number of halogens is 2. The first kappa shape index (κ1) is 20.2. The van der Waals surface area contributed by atoms with Crippen LogP contribution in [-0.2, 0) is 10.0 Å². The van der Waals surface area contributed by atoms with Crippen molar-refractivity contribution in [2.75, 3.05) is 13.1 Å². The first-order valence-corrected chi connectivity index (χ1v) is 10.0. The Morgan fingerprint density at radius 2 is 1.89 bits per heavy atom. The molecule has 7 nitrogen and oxygen atoms in total. The maximum absolute atomic E-state index is 13.8. The zero-order chi connectivity index (χ0) is 20.5. The molecule has 0 N–H and O–H groups in total. The van der Waals surface area contributed by atoms with E-state index in [2.05, 4.69) is 0 Å². The average molecular weight is 412 g/mol. The van der Waals surface area contributed by atoms with Crippen molar-refractivity contribution in [3.05, 3.63) is 58.1 Å². The Morgan fingerprint density at radius 1 is 1.18 bits per heavy atom. The highest BCUT2D eigenvalue weighted by Crippen LogP contribution is 2.35. The molecule has 0 spiro atoms. The summed E-state index contributed by atoms with van der Waals surface area (Å²) >= 11 is 0. The predicted octanol–water partition coefficient (Wildman–Crippen LogP) is 4.09. The molecule has 1 aliphatic rings. The van der Waals surface area contributed by atoms with Crippen molar-refractivity contribution in [1.82, 2.24) is 4.31 Å². The van der Waals surface area contributed by atoms with Gasteiger partial charge >= 0.3 is 5.69 Å². The van der Waals surface area contributed by atoms with Gasteiger partial charge in [0.25, 0.3) is 0 Å². The maximum atomic E-state index is 13.8. The van der Waals surface area contributed by atoms with Gasteiger partial charge in [-0.2, -0.15) is 4.31 Å². The lowest BCUT2D eigenvalue weighted by molar-refractivity contribution is -0.385. The van der Waals surface area contributed by atoms with Crippen LogP contribution in [0.4, 0.5) is 14.5 Å². The third-order valence-corrected chi connectivity index (χ3v) is 6.36. The fourth-order valence-corrected chi connectivity index (χ4v) is 4.70. The summed E-state index contributed by atoms with van der Waals surface area (Å²) in [6.07, 6.45) is 1.63. The molecule has 28 heavy (non-hydrogen) atoms. The third kappa shape index (κ3) is 4.12. The summed E-state index contributed by atoms with van der Waals surface area (Å²) in [5.41, 5.74) is -0.630. The van der Waals surface area contributed by atoms with Crippen LogP contribution in [0.1, 0.15) is 19.8 Å². The van der Waals surface area contributed by atoms with E-state index in [-0.39, 0.29) is 16.6 Å². The molecule has 0 bridgehead atoms. The summed E-state index contributed by atoms with van der Waals surface area (Å²) in [7, 11) is -3.90. The number of hydrogen-bond acceptors (Lipinski definition) is 5. The molecule has 0 amide bonds. The van der Waals surface area contributed by atoms with Gasteiger partial charge in [0.05, 0.1) is 9.82 Å². The molecule has 2 aromatic rings. The minimum absolute atomic E-state index is 0.197. The van der Waals surface area contributed by atoms with Crippen LogP contribution in [0.15, 0.2) is 41.3 Å². The zero-order valence-corrected chi connectivity index (χ0v) is 15.8. The molecule has 0 saturated carbocycles. The van der Waals surface area contributed by atoms with Crippen LogP contribution >= 0.6 is 0 Å². The Bertz CT molecular complexity index is 1010. The Hall–Kier alpha value is -2.59. The average Bonchev–Trinajstić information content (AvgIpc) is 2.64. The molecule has 1 aliphatic heterocycles. The highest BCUT2D eigenvalue weighted by molar-refractivity contribution is 7.89. The van der Waals surface area contributed by atoms with Crippen LogP contribution in [0.3, 0.4) is 0 Å². The number of nitrogens with zero attached hydrogens (tertiary/aromatic N) is 2. The number of piperidine rings is 1. The first-order chi connectivity index (χ1) is 13.2. The van der Waals surface area contributed by atoms with E-state index in [0.29, 0.717) is 25.6 Å². The van der Waals surface area contributed by atoms with Crippen molar-refractivity contribution in [3.8, 4) is 11.5 Å². The Labute approximate surface area is 160 Å². The van der Waals surface area contributed by atoms with Crippen LogP contribution in [0.25, 0.3) is 0 Å². The smallest absolute Gasteiger partial charge is 0.312 e. The highest BCUT2D eigenvalue weighted by Gasteiger charge is 2.31. The van der Waals surface area contributed by atoms with Gasteiger partial charge in [0.15, 0.2) is 11.6 Å². The summed E-state index contributed by atoms with van der Waals surface area (Å²) in [6, 6.07) is 5.69. The van der Waals surface area contributed by atoms with Crippen molar-refractivity contribution in [3.63, 3.8) is 0 Å². The highest BCUT2D eigenvalue weighted by atomic mass is 32.2. The van der Waals surface area contributed by atoms with E-state index in [4.69, 9.17) is 4.74 Å². The number of nitro groups is 1. The van der Waals surface area contributed by atoms with Crippen molar-refractivity contribution in [1.29, 1.82) is 0 Å². The van der Waals surface area contributed by atoms with Gasteiger partial charge < -0.3 is 4.74 Å². The lowest BCUT2D eigenvalue weighted by Crippen LogP contribution is -2.39. The normalized spacial score (nSPS) is 18.0. The monoisotopic (exact) mass is 412 g/mol. The van der Waals surface area contributed by atoms with E-state index in [9.17, 15) is 27.3 Å². The van der Waals surface area contributed by atoms with Gasteiger partial charge in [-0.15, -0.1) is 0 Å². The molecule has 0 radical (unpaired) electrons. The minimum atomic E-state index is -3.90. The number of sulfonamides is 1. The van der Waals surface area contributed by atoms with Gasteiger partial charge in [0.1, 0.15) is 5.82 Å². The number of rotatable bonds is 5. The molecule has 1 saturated heterocycles. The first-order valence-electron chi connectivity index (χ1n) is 8.60. The number of ether oxygens (including phenoxy) is 1. The lowest BCUT2D eigenvalue weighted by atomic mass is 10.0. The van der Waals surface area contributed by atoms with E-state index in [1.807, 2.05) is 6.92 Å². The lowest BCUT2D eigenvalue weighted by Gasteiger charge is -2.30. The second-order valence-electron chi connectivity index (χ2n) is 6.67. The Balaban J connectivity index is 1.96. The van der Waals surface area contributed by atoms with Gasteiger partial charge in [-0.05, 0) is 43.0 Å². The van der Waals surface area contributed by atoms with Gasteiger partial charge in [0.2, 0.25) is 15.8 Å². The molecule has 1 atom stereocenters. The summed E-state index contributed by atoms with van der Waals surface area (Å²) in [5.74, 6) is -2.42. The SMILES string of the molecule is CC1CCCN(S(=O)(=O)c2ccc(Oc3ccc(F)cc3F)c([N+](=O)[O-])c2)C1. The number of benzene rings is 2. The summed E-state index contributed by atoms with van der Waals surface area (Å²) < 4.78 is 58.9. The maximum Gasteiger partial charge on any atom is 0.312 e. The van der Waals surface area contributed by atoms with Gasteiger partial charge in [0, 0.05) is 25.2 Å². The summed E-state index contributed by atoms with van der Waals surface area (Å²) in [6.45, 7) is 2.63.